The van der Waals surface area contributed by atoms with E-state index in [1.807, 2.05) is 6.07 Å². The van der Waals surface area contributed by atoms with E-state index in [0.717, 1.165) is 42.0 Å². The van der Waals surface area contributed by atoms with Gasteiger partial charge in [0.25, 0.3) is 0 Å². The van der Waals surface area contributed by atoms with Crippen molar-refractivity contribution in [2.45, 2.75) is 18.9 Å². The Hall–Kier alpha value is -3.09. The van der Waals surface area contributed by atoms with Crippen LogP contribution in [0, 0.1) is 5.82 Å². The van der Waals surface area contributed by atoms with Gasteiger partial charge in [0.05, 0.1) is 17.9 Å². The molecule has 0 bridgehead atoms. The van der Waals surface area contributed by atoms with E-state index in [9.17, 15) is 4.39 Å². The largest absolute Gasteiger partial charge is 0.368 e. The Balaban J connectivity index is 1.80. The summed E-state index contributed by atoms with van der Waals surface area (Å²) in [4.78, 5) is 19.3. The standard InChI is InChI=1S/C18H17FN6/c19-13-4-1-3-12(9-13)14-10-23-18(20)24-17(14)15-5-2-8-25(15)16-11-21-6-7-22-16/h1,3-4,6-7,9-11,15H,2,5,8H2,(H2,20,23,24)/t15-/m0/s1. The van der Waals surface area contributed by atoms with Crippen LogP contribution in [-0.2, 0) is 0 Å². The molecule has 2 aromatic heterocycles. The summed E-state index contributed by atoms with van der Waals surface area (Å²) in [6.45, 7) is 0.857. The third-order valence-corrected chi connectivity index (χ3v) is 4.38. The summed E-state index contributed by atoms with van der Waals surface area (Å²) >= 11 is 0. The van der Waals surface area contributed by atoms with Gasteiger partial charge in [-0.2, -0.15) is 0 Å². The van der Waals surface area contributed by atoms with Gasteiger partial charge in [0.15, 0.2) is 0 Å². The summed E-state index contributed by atoms with van der Waals surface area (Å²) < 4.78 is 13.7. The van der Waals surface area contributed by atoms with Crippen LogP contribution in [0.5, 0.6) is 0 Å². The van der Waals surface area contributed by atoms with Crippen molar-refractivity contribution in [1.82, 2.24) is 19.9 Å². The van der Waals surface area contributed by atoms with Crippen molar-refractivity contribution < 1.29 is 4.39 Å². The van der Waals surface area contributed by atoms with E-state index >= 15 is 0 Å². The minimum atomic E-state index is -0.294. The Morgan fingerprint density at radius 1 is 1.16 bits per heavy atom. The van der Waals surface area contributed by atoms with Crippen LogP contribution in [0.4, 0.5) is 16.2 Å². The zero-order chi connectivity index (χ0) is 17.2. The fourth-order valence-electron chi connectivity index (χ4n) is 3.31. The third-order valence-electron chi connectivity index (χ3n) is 4.38. The zero-order valence-electron chi connectivity index (χ0n) is 13.5. The van der Waals surface area contributed by atoms with Gasteiger partial charge in [0.1, 0.15) is 11.6 Å². The smallest absolute Gasteiger partial charge is 0.220 e. The average molecular weight is 336 g/mol. The van der Waals surface area contributed by atoms with Gasteiger partial charge >= 0.3 is 0 Å². The van der Waals surface area contributed by atoms with E-state index in [1.54, 1.807) is 30.9 Å². The summed E-state index contributed by atoms with van der Waals surface area (Å²) in [5, 5.41) is 0. The van der Waals surface area contributed by atoms with Gasteiger partial charge in [-0.3, -0.25) is 4.98 Å². The second-order valence-corrected chi connectivity index (χ2v) is 5.95. The molecule has 7 heteroatoms. The zero-order valence-corrected chi connectivity index (χ0v) is 13.5. The van der Waals surface area contributed by atoms with E-state index in [0.29, 0.717) is 0 Å². The molecule has 4 rings (SSSR count). The van der Waals surface area contributed by atoms with Crippen LogP contribution in [0.25, 0.3) is 11.1 Å². The number of rotatable bonds is 3. The van der Waals surface area contributed by atoms with Crippen molar-refractivity contribution in [3.05, 3.63) is 60.6 Å². The van der Waals surface area contributed by atoms with Crippen molar-refractivity contribution in [2.75, 3.05) is 17.2 Å². The molecule has 0 amide bonds. The highest BCUT2D eigenvalue weighted by Gasteiger charge is 2.31. The van der Waals surface area contributed by atoms with E-state index < -0.39 is 0 Å². The summed E-state index contributed by atoms with van der Waals surface area (Å²) in [6, 6.07) is 6.44. The highest BCUT2D eigenvalue weighted by molar-refractivity contribution is 5.67. The van der Waals surface area contributed by atoms with Crippen molar-refractivity contribution >= 4 is 11.8 Å². The minimum Gasteiger partial charge on any atom is -0.368 e. The maximum atomic E-state index is 13.7. The topological polar surface area (TPSA) is 80.8 Å². The Morgan fingerprint density at radius 2 is 2.08 bits per heavy atom. The third kappa shape index (κ3) is 3.00. The van der Waals surface area contributed by atoms with Gasteiger partial charge in [0, 0.05) is 30.7 Å². The maximum absolute atomic E-state index is 13.7. The molecule has 1 aliphatic rings. The van der Waals surface area contributed by atoms with Crippen molar-refractivity contribution in [3.8, 4) is 11.1 Å². The highest BCUT2D eigenvalue weighted by Crippen LogP contribution is 2.38. The normalized spacial score (nSPS) is 17.0. The number of hydrogen-bond donors (Lipinski definition) is 1. The first-order chi connectivity index (χ1) is 12.2. The molecule has 1 aromatic carbocycles. The molecule has 0 radical (unpaired) electrons. The molecule has 1 saturated heterocycles. The number of nitrogens with two attached hydrogens (primary N) is 1. The first-order valence-electron chi connectivity index (χ1n) is 8.13. The van der Waals surface area contributed by atoms with Crippen LogP contribution >= 0.6 is 0 Å². The van der Waals surface area contributed by atoms with Crippen LogP contribution in [0.15, 0.2) is 49.1 Å². The van der Waals surface area contributed by atoms with Crippen molar-refractivity contribution in [2.24, 2.45) is 0 Å². The fourth-order valence-corrected chi connectivity index (χ4v) is 3.31. The number of benzene rings is 1. The second kappa shape index (κ2) is 6.43. The molecule has 2 N–H and O–H groups in total. The van der Waals surface area contributed by atoms with E-state index in [-0.39, 0.29) is 17.8 Å². The molecule has 6 nitrogen and oxygen atoms in total. The first kappa shape index (κ1) is 15.4. The number of halogens is 1. The van der Waals surface area contributed by atoms with Gasteiger partial charge in [-0.05, 0) is 30.5 Å². The van der Waals surface area contributed by atoms with Crippen molar-refractivity contribution in [3.63, 3.8) is 0 Å². The van der Waals surface area contributed by atoms with E-state index in [1.165, 1.54) is 12.1 Å². The predicted octanol–water partition coefficient (Wildman–Crippen LogP) is 3.00. The Morgan fingerprint density at radius 3 is 2.88 bits per heavy atom. The monoisotopic (exact) mass is 336 g/mol. The van der Waals surface area contributed by atoms with Crippen LogP contribution < -0.4 is 10.6 Å². The lowest BCUT2D eigenvalue weighted by molar-refractivity contribution is 0.628. The average Bonchev–Trinajstić information content (AvgIpc) is 3.12. The van der Waals surface area contributed by atoms with Crippen LogP contribution in [0.1, 0.15) is 24.6 Å². The Labute approximate surface area is 144 Å². The lowest BCUT2D eigenvalue weighted by Crippen LogP contribution is -2.25. The van der Waals surface area contributed by atoms with Gasteiger partial charge in [-0.25, -0.2) is 19.3 Å². The van der Waals surface area contributed by atoms with Gasteiger partial charge in [0.2, 0.25) is 5.95 Å². The maximum Gasteiger partial charge on any atom is 0.220 e. The van der Waals surface area contributed by atoms with Gasteiger partial charge in [-0.15, -0.1) is 0 Å². The molecule has 25 heavy (non-hydrogen) atoms. The van der Waals surface area contributed by atoms with E-state index in [2.05, 4.69) is 24.8 Å². The second-order valence-electron chi connectivity index (χ2n) is 5.95. The van der Waals surface area contributed by atoms with Crippen molar-refractivity contribution in [1.29, 1.82) is 0 Å². The van der Waals surface area contributed by atoms with E-state index in [4.69, 9.17) is 5.73 Å². The molecule has 126 valence electrons. The number of hydrogen-bond acceptors (Lipinski definition) is 6. The Bertz CT molecular complexity index is 886. The van der Waals surface area contributed by atoms with Crippen LogP contribution in [0.3, 0.4) is 0 Å². The molecule has 1 atom stereocenters. The summed E-state index contributed by atoms with van der Waals surface area (Å²) in [7, 11) is 0. The number of anilines is 2. The highest BCUT2D eigenvalue weighted by atomic mass is 19.1. The molecular formula is C18H17FN6. The first-order valence-corrected chi connectivity index (χ1v) is 8.13. The lowest BCUT2D eigenvalue weighted by Gasteiger charge is -2.26. The summed E-state index contributed by atoms with van der Waals surface area (Å²) in [5.74, 6) is 0.714. The lowest BCUT2D eigenvalue weighted by atomic mass is 10.00. The summed E-state index contributed by atoms with van der Waals surface area (Å²) in [6.07, 6.45) is 8.65. The molecule has 0 aliphatic carbocycles. The minimum absolute atomic E-state index is 0.000248. The fraction of sp³-hybridized carbons (Fsp3) is 0.222. The molecule has 3 aromatic rings. The SMILES string of the molecule is Nc1ncc(-c2cccc(F)c2)c([C@@H]2CCCN2c2cnccn2)n1. The predicted molar refractivity (Wildman–Crippen MR) is 93.2 cm³/mol. The number of nitrogen functional groups attached to an aromatic ring is 1. The molecular weight excluding hydrogens is 319 g/mol. The number of aromatic nitrogens is 4. The molecule has 3 heterocycles. The Kier molecular flexibility index (Phi) is 3.97. The van der Waals surface area contributed by atoms with Crippen LogP contribution in [-0.4, -0.2) is 26.5 Å². The van der Waals surface area contributed by atoms with Gasteiger partial charge < -0.3 is 10.6 Å². The molecule has 0 unspecified atom stereocenters. The molecule has 1 fully saturated rings. The summed E-state index contributed by atoms with van der Waals surface area (Å²) in [5.41, 5.74) is 8.16. The van der Waals surface area contributed by atoms with Gasteiger partial charge in [-0.1, -0.05) is 12.1 Å². The quantitative estimate of drug-likeness (QED) is 0.792. The molecule has 1 aliphatic heterocycles. The van der Waals surface area contributed by atoms with Crippen LogP contribution in [0.2, 0.25) is 0 Å². The molecule has 0 spiro atoms. The number of nitrogens with zero attached hydrogens (tertiary/aromatic N) is 5. The molecule has 0 saturated carbocycles.